The summed E-state index contributed by atoms with van der Waals surface area (Å²) >= 11 is 0. The molecule has 2 heteroatoms. The molecule has 1 atom stereocenters. The Morgan fingerprint density at radius 3 is 2.56 bits per heavy atom. The van der Waals surface area contributed by atoms with Crippen LogP contribution in [0.2, 0.25) is 0 Å². The lowest BCUT2D eigenvalue weighted by Gasteiger charge is -2.23. The minimum atomic E-state index is -0.635. The first-order valence-electron chi connectivity index (χ1n) is 6.03. The molecule has 0 radical (unpaired) electrons. The molecule has 1 unspecified atom stereocenters. The van der Waals surface area contributed by atoms with Crippen molar-refractivity contribution in [2.45, 2.75) is 25.9 Å². The summed E-state index contributed by atoms with van der Waals surface area (Å²) in [6.45, 7) is 4.53. The summed E-state index contributed by atoms with van der Waals surface area (Å²) < 4.78 is 5.73. The first-order chi connectivity index (χ1) is 8.73. The van der Waals surface area contributed by atoms with Crippen LogP contribution in [-0.4, -0.2) is 18.3 Å². The number of benzene rings is 1. The van der Waals surface area contributed by atoms with Gasteiger partial charge in [0.25, 0.3) is 0 Å². The van der Waals surface area contributed by atoms with Crippen LogP contribution in [0, 0.1) is 23.7 Å². The molecule has 0 aromatic heterocycles. The summed E-state index contributed by atoms with van der Waals surface area (Å²) in [5.74, 6) is 11.3. The van der Waals surface area contributed by atoms with Gasteiger partial charge in [-0.05, 0) is 37.2 Å². The molecule has 18 heavy (non-hydrogen) atoms. The van der Waals surface area contributed by atoms with Crippen molar-refractivity contribution < 1.29 is 9.84 Å². The van der Waals surface area contributed by atoms with Crippen LogP contribution in [-0.2, 0) is 10.3 Å². The zero-order valence-electron chi connectivity index (χ0n) is 10.9. The summed E-state index contributed by atoms with van der Waals surface area (Å²) in [4.78, 5) is 0. The smallest absolute Gasteiger partial charge is 0.152 e. The molecule has 0 aliphatic heterocycles. The minimum absolute atomic E-state index is 0.0656. The first kappa shape index (κ1) is 14.3. The van der Waals surface area contributed by atoms with Crippen molar-refractivity contribution in [2.75, 3.05) is 13.2 Å². The van der Waals surface area contributed by atoms with Crippen molar-refractivity contribution in [1.29, 1.82) is 0 Å². The second-order valence-electron chi connectivity index (χ2n) is 3.86. The van der Waals surface area contributed by atoms with Gasteiger partial charge in [0.15, 0.2) is 5.60 Å². The third kappa shape index (κ3) is 4.26. The molecule has 0 aliphatic carbocycles. The standard InChI is InChI=1S/C16H18O2/c1-3-18-16(2,13-9-4-5-10-14-17)15-11-7-6-8-12-15/h6-8,11-12,17H,3,10,14H2,1-2H3. The highest BCUT2D eigenvalue weighted by atomic mass is 16.5. The summed E-state index contributed by atoms with van der Waals surface area (Å²) in [6, 6.07) is 9.87. The molecule has 1 rings (SSSR count). The molecular formula is C16H18O2. The zero-order valence-corrected chi connectivity index (χ0v) is 10.9. The summed E-state index contributed by atoms with van der Waals surface area (Å²) in [7, 11) is 0. The van der Waals surface area contributed by atoms with Crippen molar-refractivity contribution in [3.05, 3.63) is 35.9 Å². The third-order valence-corrected chi connectivity index (χ3v) is 2.45. The van der Waals surface area contributed by atoms with E-state index in [-0.39, 0.29) is 6.61 Å². The van der Waals surface area contributed by atoms with E-state index in [4.69, 9.17) is 9.84 Å². The number of rotatable bonds is 4. The van der Waals surface area contributed by atoms with Gasteiger partial charge < -0.3 is 9.84 Å². The van der Waals surface area contributed by atoms with Gasteiger partial charge in [-0.2, -0.15) is 0 Å². The lowest BCUT2D eigenvalue weighted by molar-refractivity contribution is 0.0184. The molecule has 1 aromatic rings. The Labute approximate surface area is 109 Å². The fourth-order valence-electron chi connectivity index (χ4n) is 1.55. The molecule has 94 valence electrons. The maximum atomic E-state index is 8.61. The van der Waals surface area contributed by atoms with Gasteiger partial charge in [0.05, 0.1) is 6.61 Å². The number of ether oxygens (including phenoxy) is 1. The Balaban J connectivity index is 2.92. The van der Waals surface area contributed by atoms with Gasteiger partial charge in [-0.25, -0.2) is 0 Å². The van der Waals surface area contributed by atoms with Crippen LogP contribution >= 0.6 is 0 Å². The Hall–Kier alpha value is -1.74. The van der Waals surface area contributed by atoms with Crippen LogP contribution in [0.15, 0.2) is 30.3 Å². The Kier molecular flexibility index (Phi) is 6.01. The highest BCUT2D eigenvalue weighted by molar-refractivity contribution is 5.36. The van der Waals surface area contributed by atoms with Crippen molar-refractivity contribution in [1.82, 2.24) is 0 Å². The molecular weight excluding hydrogens is 224 g/mol. The van der Waals surface area contributed by atoms with Gasteiger partial charge in [0, 0.05) is 13.0 Å². The molecule has 1 N–H and O–H groups in total. The van der Waals surface area contributed by atoms with E-state index >= 15 is 0 Å². The number of hydrogen-bond acceptors (Lipinski definition) is 2. The van der Waals surface area contributed by atoms with Gasteiger partial charge in [0.1, 0.15) is 0 Å². The van der Waals surface area contributed by atoms with Crippen LogP contribution in [0.4, 0.5) is 0 Å². The normalized spacial score (nSPS) is 12.6. The lowest BCUT2D eigenvalue weighted by atomic mass is 9.96. The van der Waals surface area contributed by atoms with Crippen molar-refractivity contribution in [3.8, 4) is 23.7 Å². The third-order valence-electron chi connectivity index (χ3n) is 2.45. The van der Waals surface area contributed by atoms with Crippen LogP contribution in [0.5, 0.6) is 0 Å². The molecule has 2 nitrogen and oxygen atoms in total. The van der Waals surface area contributed by atoms with Crippen LogP contribution in [0.3, 0.4) is 0 Å². The Morgan fingerprint density at radius 1 is 1.22 bits per heavy atom. The second-order valence-corrected chi connectivity index (χ2v) is 3.86. The maximum Gasteiger partial charge on any atom is 0.152 e. The SMILES string of the molecule is CCOC(C)(C#CC#CCCO)c1ccccc1. The largest absolute Gasteiger partial charge is 0.395 e. The highest BCUT2D eigenvalue weighted by Gasteiger charge is 2.23. The number of hydrogen-bond donors (Lipinski definition) is 1. The minimum Gasteiger partial charge on any atom is -0.395 e. The van der Waals surface area contributed by atoms with Gasteiger partial charge in [-0.15, -0.1) is 0 Å². The molecule has 0 fully saturated rings. The van der Waals surface area contributed by atoms with Gasteiger partial charge in [-0.1, -0.05) is 36.3 Å². The van der Waals surface area contributed by atoms with Crippen LogP contribution in [0.25, 0.3) is 0 Å². The Bertz CT molecular complexity index is 471. The molecule has 0 amide bonds. The predicted molar refractivity (Wildman–Crippen MR) is 72.7 cm³/mol. The molecule has 0 heterocycles. The van der Waals surface area contributed by atoms with Crippen molar-refractivity contribution >= 4 is 0 Å². The Morgan fingerprint density at radius 2 is 1.94 bits per heavy atom. The highest BCUT2D eigenvalue weighted by Crippen LogP contribution is 2.24. The van der Waals surface area contributed by atoms with Crippen molar-refractivity contribution in [3.63, 3.8) is 0 Å². The monoisotopic (exact) mass is 242 g/mol. The molecule has 1 aromatic carbocycles. The van der Waals surface area contributed by atoms with Crippen LogP contribution < -0.4 is 0 Å². The van der Waals surface area contributed by atoms with Crippen molar-refractivity contribution in [2.24, 2.45) is 0 Å². The van der Waals surface area contributed by atoms with Gasteiger partial charge >= 0.3 is 0 Å². The summed E-state index contributed by atoms with van der Waals surface area (Å²) in [5.41, 5.74) is 0.382. The average molecular weight is 242 g/mol. The lowest BCUT2D eigenvalue weighted by Crippen LogP contribution is -2.23. The van der Waals surface area contributed by atoms with Gasteiger partial charge in [-0.3, -0.25) is 0 Å². The van der Waals surface area contributed by atoms with E-state index in [1.807, 2.05) is 44.2 Å². The molecule has 0 saturated carbocycles. The van der Waals surface area contributed by atoms with E-state index in [0.717, 1.165) is 5.56 Å². The summed E-state index contributed by atoms with van der Waals surface area (Å²) in [6.07, 6.45) is 0.450. The molecule has 0 spiro atoms. The van der Waals surface area contributed by atoms with E-state index in [0.29, 0.717) is 13.0 Å². The maximum absolute atomic E-state index is 8.61. The molecule has 0 aliphatic rings. The van der Waals surface area contributed by atoms with E-state index in [1.165, 1.54) is 0 Å². The quantitative estimate of drug-likeness (QED) is 0.821. The molecule has 0 bridgehead atoms. The molecule has 0 saturated heterocycles. The fourth-order valence-corrected chi connectivity index (χ4v) is 1.55. The van der Waals surface area contributed by atoms with E-state index in [1.54, 1.807) is 0 Å². The predicted octanol–water partition coefficient (Wildman–Crippen LogP) is 2.33. The van der Waals surface area contributed by atoms with E-state index in [9.17, 15) is 0 Å². The second kappa shape index (κ2) is 7.56. The topological polar surface area (TPSA) is 29.5 Å². The van der Waals surface area contributed by atoms with E-state index in [2.05, 4.69) is 23.7 Å². The van der Waals surface area contributed by atoms with Crippen LogP contribution in [0.1, 0.15) is 25.8 Å². The van der Waals surface area contributed by atoms with Gasteiger partial charge in [0.2, 0.25) is 0 Å². The van der Waals surface area contributed by atoms with E-state index < -0.39 is 5.60 Å². The first-order valence-corrected chi connectivity index (χ1v) is 6.03. The average Bonchev–Trinajstić information content (AvgIpc) is 2.40. The number of aliphatic hydroxyl groups excluding tert-OH is 1. The summed E-state index contributed by atoms with van der Waals surface area (Å²) in [5, 5.41) is 8.61. The fraction of sp³-hybridized carbons (Fsp3) is 0.375. The zero-order chi connectivity index (χ0) is 13.3. The number of aliphatic hydroxyl groups is 1.